The highest BCUT2D eigenvalue weighted by Gasteiger charge is 2.29. The fourth-order valence-electron chi connectivity index (χ4n) is 3.91. The number of hydrogen-bond donors (Lipinski definition) is 2. The van der Waals surface area contributed by atoms with Crippen molar-refractivity contribution in [3.05, 3.63) is 59.7 Å². The second kappa shape index (κ2) is 9.05. The second-order valence-corrected chi connectivity index (χ2v) is 7.41. The van der Waals surface area contributed by atoms with Crippen LogP contribution >= 0.6 is 0 Å². The Bertz CT molecular complexity index is 756. The Kier molecular flexibility index (Phi) is 6.51. The summed E-state index contributed by atoms with van der Waals surface area (Å²) in [5.74, 6) is 0.453. The summed E-state index contributed by atoms with van der Waals surface area (Å²) in [6.45, 7) is 2.06. The molecule has 27 heavy (non-hydrogen) atoms. The molecule has 4 nitrogen and oxygen atoms in total. The summed E-state index contributed by atoms with van der Waals surface area (Å²) < 4.78 is 0. The van der Waals surface area contributed by atoms with Crippen molar-refractivity contribution in [3.8, 4) is 5.75 Å². The van der Waals surface area contributed by atoms with Gasteiger partial charge in [0, 0.05) is 18.2 Å². The third-order valence-corrected chi connectivity index (χ3v) is 5.36. The number of carbonyl (C=O) groups excluding carboxylic acids is 1. The summed E-state index contributed by atoms with van der Waals surface area (Å²) in [7, 11) is 0. The third kappa shape index (κ3) is 4.89. The number of aryl methyl sites for hydroxylation is 1. The third-order valence-electron chi connectivity index (χ3n) is 5.36. The van der Waals surface area contributed by atoms with Gasteiger partial charge in [-0.1, -0.05) is 37.6 Å². The molecule has 1 aliphatic rings. The SMILES string of the molecule is CCCC(O)c1ccc(N2C(=O)CCCC2CCc2cccc(O)c2)cc1. The van der Waals surface area contributed by atoms with Gasteiger partial charge in [0.2, 0.25) is 5.91 Å². The van der Waals surface area contributed by atoms with E-state index in [9.17, 15) is 15.0 Å². The molecule has 0 aliphatic carbocycles. The molecule has 2 unspecified atom stereocenters. The van der Waals surface area contributed by atoms with Crippen LogP contribution in [0.25, 0.3) is 0 Å². The van der Waals surface area contributed by atoms with Crippen LogP contribution in [0.1, 0.15) is 62.7 Å². The van der Waals surface area contributed by atoms with E-state index >= 15 is 0 Å². The van der Waals surface area contributed by atoms with Gasteiger partial charge in [0.1, 0.15) is 5.75 Å². The molecular formula is C23H29NO3. The van der Waals surface area contributed by atoms with Gasteiger partial charge >= 0.3 is 0 Å². The number of aliphatic hydroxyl groups is 1. The number of aromatic hydroxyl groups is 1. The molecule has 1 saturated heterocycles. The number of nitrogens with zero attached hydrogens (tertiary/aromatic N) is 1. The van der Waals surface area contributed by atoms with Crippen molar-refractivity contribution in [2.45, 2.75) is 64.0 Å². The summed E-state index contributed by atoms with van der Waals surface area (Å²) in [6, 6.07) is 15.3. The quantitative estimate of drug-likeness (QED) is 0.743. The molecular weight excluding hydrogens is 338 g/mol. The van der Waals surface area contributed by atoms with Gasteiger partial charge in [-0.3, -0.25) is 4.79 Å². The number of piperidine rings is 1. The maximum Gasteiger partial charge on any atom is 0.227 e. The zero-order chi connectivity index (χ0) is 19.2. The van der Waals surface area contributed by atoms with E-state index in [0.717, 1.165) is 55.3 Å². The lowest BCUT2D eigenvalue weighted by Gasteiger charge is -2.36. The molecule has 1 aliphatic heterocycles. The number of anilines is 1. The Morgan fingerprint density at radius 3 is 2.67 bits per heavy atom. The minimum Gasteiger partial charge on any atom is -0.508 e. The lowest BCUT2D eigenvalue weighted by Crippen LogP contribution is -2.44. The molecule has 0 radical (unpaired) electrons. The highest BCUT2D eigenvalue weighted by atomic mass is 16.3. The summed E-state index contributed by atoms with van der Waals surface area (Å²) >= 11 is 0. The van der Waals surface area contributed by atoms with E-state index in [1.54, 1.807) is 12.1 Å². The van der Waals surface area contributed by atoms with Crippen LogP contribution in [0.15, 0.2) is 48.5 Å². The van der Waals surface area contributed by atoms with Gasteiger partial charge in [-0.15, -0.1) is 0 Å². The largest absolute Gasteiger partial charge is 0.508 e. The lowest BCUT2D eigenvalue weighted by atomic mass is 9.94. The molecule has 2 atom stereocenters. The first-order valence-electron chi connectivity index (χ1n) is 9.96. The maximum absolute atomic E-state index is 12.6. The molecule has 0 saturated carbocycles. The molecule has 1 fully saturated rings. The number of carbonyl (C=O) groups is 1. The summed E-state index contributed by atoms with van der Waals surface area (Å²) in [4.78, 5) is 14.6. The molecule has 4 heteroatoms. The van der Waals surface area contributed by atoms with E-state index in [-0.39, 0.29) is 17.7 Å². The Balaban J connectivity index is 1.73. The molecule has 1 amide bonds. The number of phenols is 1. The fraction of sp³-hybridized carbons (Fsp3) is 0.435. The Labute approximate surface area is 161 Å². The predicted octanol–water partition coefficient (Wildman–Crippen LogP) is 4.74. The average molecular weight is 367 g/mol. The summed E-state index contributed by atoms with van der Waals surface area (Å²) in [5.41, 5.74) is 2.90. The van der Waals surface area contributed by atoms with Gasteiger partial charge in [-0.25, -0.2) is 0 Å². The van der Waals surface area contributed by atoms with Crippen LogP contribution in [-0.2, 0) is 11.2 Å². The van der Waals surface area contributed by atoms with E-state index in [4.69, 9.17) is 0 Å². The number of hydrogen-bond acceptors (Lipinski definition) is 3. The van der Waals surface area contributed by atoms with Gasteiger partial charge in [0.25, 0.3) is 0 Å². The monoisotopic (exact) mass is 367 g/mol. The maximum atomic E-state index is 12.6. The number of rotatable bonds is 7. The van der Waals surface area contributed by atoms with Gasteiger partial charge in [0.15, 0.2) is 0 Å². The minimum absolute atomic E-state index is 0.167. The van der Waals surface area contributed by atoms with Gasteiger partial charge < -0.3 is 15.1 Å². The van der Waals surface area contributed by atoms with Crippen molar-refractivity contribution in [2.75, 3.05) is 4.90 Å². The van der Waals surface area contributed by atoms with Crippen molar-refractivity contribution in [1.82, 2.24) is 0 Å². The number of phenolic OH excluding ortho intramolecular Hbond substituents is 1. The van der Waals surface area contributed by atoms with E-state index in [1.165, 1.54) is 0 Å². The molecule has 144 valence electrons. The van der Waals surface area contributed by atoms with Crippen LogP contribution in [0.2, 0.25) is 0 Å². The molecule has 2 N–H and O–H groups in total. The first-order valence-corrected chi connectivity index (χ1v) is 9.96. The second-order valence-electron chi connectivity index (χ2n) is 7.41. The number of benzene rings is 2. The molecule has 2 aromatic carbocycles. The van der Waals surface area contributed by atoms with Crippen molar-refractivity contribution in [2.24, 2.45) is 0 Å². The Hall–Kier alpha value is -2.33. The predicted molar refractivity (Wildman–Crippen MR) is 108 cm³/mol. The van der Waals surface area contributed by atoms with Crippen LogP contribution in [0.4, 0.5) is 5.69 Å². The van der Waals surface area contributed by atoms with E-state index < -0.39 is 6.10 Å². The van der Waals surface area contributed by atoms with Gasteiger partial charge in [-0.05, 0) is 67.5 Å². The normalized spacial score (nSPS) is 18.5. The van der Waals surface area contributed by atoms with Crippen LogP contribution in [-0.4, -0.2) is 22.2 Å². The number of aliphatic hydroxyl groups excluding tert-OH is 1. The molecule has 0 spiro atoms. The van der Waals surface area contributed by atoms with Crippen LogP contribution in [0, 0.1) is 0 Å². The van der Waals surface area contributed by atoms with Crippen LogP contribution < -0.4 is 4.90 Å². The van der Waals surface area contributed by atoms with Gasteiger partial charge in [-0.2, -0.15) is 0 Å². The lowest BCUT2D eigenvalue weighted by molar-refractivity contribution is -0.120. The highest BCUT2D eigenvalue weighted by molar-refractivity contribution is 5.94. The molecule has 0 aromatic heterocycles. The molecule has 1 heterocycles. The molecule has 0 bridgehead atoms. The average Bonchev–Trinajstić information content (AvgIpc) is 2.67. The van der Waals surface area contributed by atoms with Crippen molar-refractivity contribution in [3.63, 3.8) is 0 Å². The van der Waals surface area contributed by atoms with E-state index in [1.807, 2.05) is 41.3 Å². The topological polar surface area (TPSA) is 60.8 Å². The number of amides is 1. The first-order chi connectivity index (χ1) is 13.1. The smallest absolute Gasteiger partial charge is 0.227 e. The standard InChI is InChI=1S/C23H29NO3/c1-2-5-22(26)18-11-14-20(15-12-18)24-19(7-4-9-23(24)27)13-10-17-6-3-8-21(25)16-17/h3,6,8,11-12,14-16,19,22,25-26H,2,4-5,7,9-10,13H2,1H3. The fourth-order valence-corrected chi connectivity index (χ4v) is 3.91. The molecule has 2 aromatic rings. The van der Waals surface area contributed by atoms with E-state index in [2.05, 4.69) is 6.92 Å². The minimum atomic E-state index is -0.442. The van der Waals surface area contributed by atoms with E-state index in [0.29, 0.717) is 6.42 Å². The summed E-state index contributed by atoms with van der Waals surface area (Å²) in [5, 5.41) is 19.8. The van der Waals surface area contributed by atoms with Crippen LogP contribution in [0.5, 0.6) is 5.75 Å². The molecule has 3 rings (SSSR count). The summed E-state index contributed by atoms with van der Waals surface area (Å²) in [6.07, 6.45) is 5.44. The zero-order valence-electron chi connectivity index (χ0n) is 16.0. The zero-order valence-corrected chi connectivity index (χ0v) is 16.0. The van der Waals surface area contributed by atoms with Crippen molar-refractivity contribution < 1.29 is 15.0 Å². The van der Waals surface area contributed by atoms with Crippen molar-refractivity contribution in [1.29, 1.82) is 0 Å². The first kappa shape index (κ1) is 19.4. The Morgan fingerprint density at radius 1 is 1.19 bits per heavy atom. The van der Waals surface area contributed by atoms with Gasteiger partial charge in [0.05, 0.1) is 6.10 Å². The van der Waals surface area contributed by atoms with Crippen LogP contribution in [0.3, 0.4) is 0 Å². The van der Waals surface area contributed by atoms with Crippen molar-refractivity contribution >= 4 is 11.6 Å². The highest BCUT2D eigenvalue weighted by Crippen LogP contribution is 2.30. The Morgan fingerprint density at radius 2 is 1.96 bits per heavy atom.